The molecule has 1 aromatic rings. The summed E-state index contributed by atoms with van der Waals surface area (Å²) < 4.78 is 5.89. The van der Waals surface area contributed by atoms with Gasteiger partial charge in [-0.2, -0.15) is 0 Å². The average Bonchev–Trinajstić information content (AvgIpc) is 3.28. The van der Waals surface area contributed by atoms with Crippen LogP contribution in [0.2, 0.25) is 0 Å². The van der Waals surface area contributed by atoms with Crippen LogP contribution in [0.15, 0.2) is 24.3 Å². The summed E-state index contributed by atoms with van der Waals surface area (Å²) in [6, 6.07) is 9.39. The topological polar surface area (TPSA) is 21.3 Å². The number of benzene rings is 1. The second-order valence-electron chi connectivity index (χ2n) is 5.98. The molecule has 1 saturated carbocycles. The molecule has 1 aliphatic carbocycles. The van der Waals surface area contributed by atoms with Crippen LogP contribution in [0.5, 0.6) is 0 Å². The van der Waals surface area contributed by atoms with Crippen molar-refractivity contribution in [3.8, 4) is 0 Å². The highest BCUT2D eigenvalue weighted by Gasteiger charge is 2.22. The van der Waals surface area contributed by atoms with E-state index in [1.165, 1.54) is 36.8 Å². The molecule has 1 fully saturated rings. The number of ether oxygens (including phenoxy) is 1. The maximum atomic E-state index is 5.89. The predicted octanol–water partition coefficient (Wildman–Crippen LogP) is 4.11. The Balaban J connectivity index is 1.88. The molecule has 1 unspecified atom stereocenters. The zero-order chi connectivity index (χ0) is 14.2. The highest BCUT2D eigenvalue weighted by atomic mass is 16.5. The zero-order valence-corrected chi connectivity index (χ0v) is 13.0. The van der Waals surface area contributed by atoms with Gasteiger partial charge < -0.3 is 10.1 Å². The van der Waals surface area contributed by atoms with Gasteiger partial charge in [-0.1, -0.05) is 44.5 Å². The maximum Gasteiger partial charge on any atom is 0.0661 e. The van der Waals surface area contributed by atoms with Crippen LogP contribution in [0.3, 0.4) is 0 Å². The van der Waals surface area contributed by atoms with Crippen LogP contribution in [0.4, 0.5) is 0 Å². The first-order chi connectivity index (χ1) is 9.83. The van der Waals surface area contributed by atoms with Gasteiger partial charge in [0.05, 0.1) is 12.6 Å². The van der Waals surface area contributed by atoms with Gasteiger partial charge in [-0.15, -0.1) is 0 Å². The number of aryl methyl sites for hydroxylation is 1. The Hall–Kier alpha value is -0.860. The minimum atomic E-state index is 0.337. The largest absolute Gasteiger partial charge is 0.379 e. The third-order valence-corrected chi connectivity index (χ3v) is 3.90. The number of hydrogen-bond donors (Lipinski definition) is 1. The first kappa shape index (κ1) is 15.5. The summed E-state index contributed by atoms with van der Waals surface area (Å²) in [7, 11) is 0. The third kappa shape index (κ3) is 5.26. The monoisotopic (exact) mass is 275 g/mol. The van der Waals surface area contributed by atoms with Gasteiger partial charge in [-0.3, -0.25) is 0 Å². The lowest BCUT2D eigenvalue weighted by Crippen LogP contribution is -2.26. The van der Waals surface area contributed by atoms with E-state index in [4.69, 9.17) is 4.74 Å². The van der Waals surface area contributed by atoms with E-state index in [1.54, 1.807) is 0 Å². The highest BCUT2D eigenvalue weighted by Crippen LogP contribution is 2.29. The van der Waals surface area contributed by atoms with E-state index < -0.39 is 0 Å². The summed E-state index contributed by atoms with van der Waals surface area (Å²) in [5.41, 5.74) is 2.79. The Kier molecular flexibility index (Phi) is 6.55. The lowest BCUT2D eigenvalue weighted by molar-refractivity contribution is 0.103. The van der Waals surface area contributed by atoms with Crippen LogP contribution in [0.25, 0.3) is 0 Å². The molecule has 0 spiro atoms. The second-order valence-corrected chi connectivity index (χ2v) is 5.98. The van der Waals surface area contributed by atoms with Gasteiger partial charge in [0.1, 0.15) is 0 Å². The fraction of sp³-hybridized carbons (Fsp3) is 0.667. The van der Waals surface area contributed by atoms with E-state index in [1.807, 2.05) is 0 Å². The van der Waals surface area contributed by atoms with Gasteiger partial charge in [0.2, 0.25) is 0 Å². The first-order valence-electron chi connectivity index (χ1n) is 8.23. The Morgan fingerprint density at radius 1 is 1.15 bits per heavy atom. The maximum absolute atomic E-state index is 5.89. The van der Waals surface area contributed by atoms with Crippen molar-refractivity contribution in [2.45, 2.75) is 52.0 Å². The molecular formula is C18H29NO. The van der Waals surface area contributed by atoms with Crippen LogP contribution in [-0.4, -0.2) is 19.8 Å². The highest BCUT2D eigenvalue weighted by molar-refractivity contribution is 5.25. The molecule has 0 heterocycles. The zero-order valence-electron chi connectivity index (χ0n) is 13.0. The minimum absolute atomic E-state index is 0.337. The molecule has 2 heteroatoms. The molecule has 0 saturated heterocycles. The Bertz CT molecular complexity index is 370. The summed E-state index contributed by atoms with van der Waals surface area (Å²) in [5, 5.41) is 3.61. The van der Waals surface area contributed by atoms with E-state index in [0.717, 1.165) is 32.1 Å². The van der Waals surface area contributed by atoms with Gasteiger partial charge in [-0.05, 0) is 49.3 Å². The standard InChI is InChI=1S/C18H29NO/c1-3-5-15-8-10-17(11-9-15)18(19-12-4-2)14-20-13-16-6-7-16/h8-11,16,18-19H,3-7,12-14H2,1-2H3. The average molecular weight is 275 g/mol. The van der Waals surface area contributed by atoms with Gasteiger partial charge in [0.15, 0.2) is 0 Å². The molecule has 0 aromatic heterocycles. The van der Waals surface area contributed by atoms with E-state index >= 15 is 0 Å². The molecule has 1 atom stereocenters. The van der Waals surface area contributed by atoms with Gasteiger partial charge >= 0.3 is 0 Å². The summed E-state index contributed by atoms with van der Waals surface area (Å²) in [6.07, 6.45) is 6.26. The quantitative estimate of drug-likeness (QED) is 0.694. The van der Waals surface area contributed by atoms with Crippen LogP contribution in [0.1, 0.15) is 56.7 Å². The van der Waals surface area contributed by atoms with Gasteiger partial charge in [0, 0.05) is 6.61 Å². The molecule has 20 heavy (non-hydrogen) atoms. The van der Waals surface area contributed by atoms with Crippen molar-refractivity contribution >= 4 is 0 Å². The molecule has 112 valence electrons. The smallest absolute Gasteiger partial charge is 0.0661 e. The van der Waals surface area contributed by atoms with E-state index in [0.29, 0.717) is 6.04 Å². The fourth-order valence-electron chi connectivity index (χ4n) is 2.43. The fourth-order valence-corrected chi connectivity index (χ4v) is 2.43. The lowest BCUT2D eigenvalue weighted by Gasteiger charge is -2.19. The van der Waals surface area contributed by atoms with Gasteiger partial charge in [0.25, 0.3) is 0 Å². The van der Waals surface area contributed by atoms with Crippen LogP contribution in [0, 0.1) is 5.92 Å². The molecular weight excluding hydrogens is 246 g/mol. The Morgan fingerprint density at radius 3 is 2.50 bits per heavy atom. The van der Waals surface area contributed by atoms with Crippen molar-refractivity contribution in [1.82, 2.24) is 5.32 Å². The van der Waals surface area contributed by atoms with Crippen molar-refractivity contribution in [1.29, 1.82) is 0 Å². The normalized spacial score (nSPS) is 16.3. The van der Waals surface area contributed by atoms with Crippen LogP contribution < -0.4 is 5.32 Å². The SMILES string of the molecule is CCCNC(COCC1CC1)c1ccc(CCC)cc1. The molecule has 0 radical (unpaired) electrons. The van der Waals surface area contributed by atoms with E-state index in [-0.39, 0.29) is 0 Å². The van der Waals surface area contributed by atoms with Crippen molar-refractivity contribution in [2.75, 3.05) is 19.8 Å². The van der Waals surface area contributed by atoms with Crippen molar-refractivity contribution in [3.05, 3.63) is 35.4 Å². The third-order valence-electron chi connectivity index (χ3n) is 3.90. The number of rotatable bonds is 10. The van der Waals surface area contributed by atoms with E-state index in [2.05, 4.69) is 43.4 Å². The molecule has 2 nitrogen and oxygen atoms in total. The molecule has 0 aliphatic heterocycles. The summed E-state index contributed by atoms with van der Waals surface area (Å²) in [5.74, 6) is 0.841. The lowest BCUT2D eigenvalue weighted by atomic mass is 10.0. The molecule has 0 amide bonds. The number of hydrogen-bond acceptors (Lipinski definition) is 2. The summed E-state index contributed by atoms with van der Waals surface area (Å²) >= 11 is 0. The minimum Gasteiger partial charge on any atom is -0.379 e. The summed E-state index contributed by atoms with van der Waals surface area (Å²) in [4.78, 5) is 0. The van der Waals surface area contributed by atoms with E-state index in [9.17, 15) is 0 Å². The number of nitrogens with one attached hydrogen (secondary N) is 1. The molecule has 0 bridgehead atoms. The first-order valence-corrected chi connectivity index (χ1v) is 8.23. The Morgan fingerprint density at radius 2 is 1.90 bits per heavy atom. The molecule has 1 aliphatic rings. The van der Waals surface area contributed by atoms with Crippen molar-refractivity contribution in [3.63, 3.8) is 0 Å². The van der Waals surface area contributed by atoms with Crippen molar-refractivity contribution < 1.29 is 4.74 Å². The Labute approximate surface area is 123 Å². The van der Waals surface area contributed by atoms with Crippen LogP contribution in [-0.2, 0) is 11.2 Å². The van der Waals surface area contributed by atoms with Crippen molar-refractivity contribution in [2.24, 2.45) is 5.92 Å². The van der Waals surface area contributed by atoms with Gasteiger partial charge in [-0.25, -0.2) is 0 Å². The molecule has 1 N–H and O–H groups in total. The molecule has 1 aromatic carbocycles. The molecule has 2 rings (SSSR count). The summed E-state index contributed by atoms with van der Waals surface area (Å²) in [6.45, 7) is 7.22. The van der Waals surface area contributed by atoms with Crippen LogP contribution >= 0.6 is 0 Å². The predicted molar refractivity (Wildman–Crippen MR) is 85.0 cm³/mol. The second kappa shape index (κ2) is 8.43.